The predicted octanol–water partition coefficient (Wildman–Crippen LogP) is -0.858. The molecule has 1 aromatic rings. The zero-order valence-electron chi connectivity index (χ0n) is 8.23. The van der Waals surface area contributed by atoms with Gasteiger partial charge in [0.25, 0.3) is 17.4 Å². The molecule has 7 heteroatoms. The summed E-state index contributed by atoms with van der Waals surface area (Å²) in [6, 6.07) is 0.338. The summed E-state index contributed by atoms with van der Waals surface area (Å²) in [6.07, 6.45) is 1.24. The Hall–Kier alpha value is -2.15. The van der Waals surface area contributed by atoms with Crippen LogP contribution in [-0.4, -0.2) is 23.0 Å². The SMILES string of the molecule is Cc1occc1C1(O)C(=O)NC(=O)NC1=O. The number of hydrogen-bond donors (Lipinski definition) is 3. The lowest BCUT2D eigenvalue weighted by Crippen LogP contribution is -2.64. The molecule has 2 rings (SSSR count). The average molecular weight is 224 g/mol. The van der Waals surface area contributed by atoms with E-state index >= 15 is 0 Å². The second kappa shape index (κ2) is 3.17. The highest BCUT2D eigenvalue weighted by Crippen LogP contribution is 2.27. The molecule has 84 valence electrons. The first-order chi connectivity index (χ1) is 7.46. The van der Waals surface area contributed by atoms with Gasteiger partial charge in [-0.15, -0.1) is 0 Å². The van der Waals surface area contributed by atoms with Crippen LogP contribution in [-0.2, 0) is 15.2 Å². The van der Waals surface area contributed by atoms with E-state index in [4.69, 9.17) is 4.42 Å². The smallest absolute Gasteiger partial charge is 0.328 e. The Balaban J connectivity index is 2.52. The van der Waals surface area contributed by atoms with E-state index < -0.39 is 23.4 Å². The number of barbiturate groups is 1. The van der Waals surface area contributed by atoms with Crippen LogP contribution >= 0.6 is 0 Å². The first-order valence-electron chi connectivity index (χ1n) is 4.40. The zero-order chi connectivity index (χ0) is 11.9. The molecule has 1 aromatic heterocycles. The molecular formula is C9H8N2O5. The van der Waals surface area contributed by atoms with Crippen molar-refractivity contribution >= 4 is 17.8 Å². The second-order valence-corrected chi connectivity index (χ2v) is 3.34. The van der Waals surface area contributed by atoms with E-state index in [0.29, 0.717) is 0 Å². The minimum atomic E-state index is -2.43. The molecule has 3 N–H and O–H groups in total. The van der Waals surface area contributed by atoms with E-state index in [0.717, 1.165) is 0 Å². The molecule has 0 aromatic carbocycles. The van der Waals surface area contributed by atoms with Gasteiger partial charge in [0.15, 0.2) is 0 Å². The van der Waals surface area contributed by atoms with Crippen LogP contribution in [0.25, 0.3) is 0 Å². The van der Waals surface area contributed by atoms with E-state index in [2.05, 4.69) is 0 Å². The van der Waals surface area contributed by atoms with Crippen LogP contribution in [0, 0.1) is 6.92 Å². The normalized spacial score (nSPS) is 19.2. The molecule has 0 unspecified atom stereocenters. The number of urea groups is 1. The molecule has 4 amide bonds. The van der Waals surface area contributed by atoms with Gasteiger partial charge in [0.2, 0.25) is 0 Å². The third-order valence-corrected chi connectivity index (χ3v) is 2.36. The van der Waals surface area contributed by atoms with Gasteiger partial charge in [-0.25, -0.2) is 4.79 Å². The van der Waals surface area contributed by atoms with Gasteiger partial charge in [0.1, 0.15) is 5.76 Å². The van der Waals surface area contributed by atoms with Crippen LogP contribution in [0.1, 0.15) is 11.3 Å². The highest BCUT2D eigenvalue weighted by molar-refractivity contribution is 6.21. The number of aliphatic hydroxyl groups is 1. The Bertz CT molecular complexity index is 470. The number of imide groups is 2. The lowest BCUT2D eigenvalue weighted by molar-refractivity contribution is -0.155. The summed E-state index contributed by atoms with van der Waals surface area (Å²) in [7, 11) is 0. The van der Waals surface area contributed by atoms with E-state index in [1.165, 1.54) is 19.3 Å². The van der Waals surface area contributed by atoms with E-state index in [1.54, 1.807) is 0 Å². The third kappa shape index (κ3) is 1.22. The molecule has 0 atom stereocenters. The van der Waals surface area contributed by atoms with Crippen molar-refractivity contribution in [2.24, 2.45) is 0 Å². The molecule has 16 heavy (non-hydrogen) atoms. The van der Waals surface area contributed by atoms with Gasteiger partial charge in [0, 0.05) is 5.56 Å². The molecule has 2 heterocycles. The number of aryl methyl sites for hydroxylation is 1. The van der Waals surface area contributed by atoms with Crippen molar-refractivity contribution < 1.29 is 23.9 Å². The molecule has 0 saturated carbocycles. The predicted molar refractivity (Wildman–Crippen MR) is 49.0 cm³/mol. The summed E-state index contributed by atoms with van der Waals surface area (Å²) in [4.78, 5) is 33.8. The monoisotopic (exact) mass is 224 g/mol. The third-order valence-electron chi connectivity index (χ3n) is 2.36. The summed E-state index contributed by atoms with van der Waals surface area (Å²) in [5, 5.41) is 13.7. The molecule has 1 aliphatic rings. The van der Waals surface area contributed by atoms with Crippen molar-refractivity contribution in [3.05, 3.63) is 23.7 Å². The zero-order valence-corrected chi connectivity index (χ0v) is 8.23. The molecule has 1 saturated heterocycles. The standard InChI is InChI=1S/C9H8N2O5/c1-4-5(2-3-16-4)9(15)6(12)10-8(14)11-7(9)13/h2-3,15H,1H3,(H2,10,11,12,13,14). The fourth-order valence-corrected chi connectivity index (χ4v) is 1.53. The van der Waals surface area contributed by atoms with Crippen molar-refractivity contribution in [3.8, 4) is 0 Å². The van der Waals surface area contributed by atoms with Gasteiger partial charge in [-0.05, 0) is 13.0 Å². The number of furan rings is 1. The Morgan fingerprint density at radius 3 is 2.25 bits per heavy atom. The molecule has 0 aliphatic carbocycles. The quantitative estimate of drug-likeness (QED) is 0.538. The van der Waals surface area contributed by atoms with Crippen LogP contribution in [0.2, 0.25) is 0 Å². The van der Waals surface area contributed by atoms with Gasteiger partial charge in [-0.1, -0.05) is 0 Å². The van der Waals surface area contributed by atoms with E-state index in [-0.39, 0.29) is 11.3 Å². The lowest BCUT2D eigenvalue weighted by Gasteiger charge is -2.28. The number of amides is 4. The fourth-order valence-electron chi connectivity index (χ4n) is 1.53. The number of hydrogen-bond acceptors (Lipinski definition) is 5. The number of nitrogens with one attached hydrogen (secondary N) is 2. The topological polar surface area (TPSA) is 109 Å². The Labute approximate surface area is 89.4 Å². The highest BCUT2D eigenvalue weighted by Gasteiger charge is 2.52. The molecule has 0 spiro atoms. The maximum absolute atomic E-state index is 11.5. The number of carbonyl (C=O) groups excluding carboxylic acids is 3. The van der Waals surface area contributed by atoms with Crippen molar-refractivity contribution in [2.45, 2.75) is 12.5 Å². The molecule has 0 bridgehead atoms. The minimum absolute atomic E-state index is 0.00926. The first kappa shape index (κ1) is 10.4. The first-order valence-corrected chi connectivity index (χ1v) is 4.40. The Morgan fingerprint density at radius 2 is 1.81 bits per heavy atom. The number of carbonyl (C=O) groups is 3. The lowest BCUT2D eigenvalue weighted by atomic mass is 9.91. The molecule has 7 nitrogen and oxygen atoms in total. The largest absolute Gasteiger partial charge is 0.469 e. The van der Waals surface area contributed by atoms with Gasteiger partial charge in [-0.2, -0.15) is 0 Å². The summed E-state index contributed by atoms with van der Waals surface area (Å²) < 4.78 is 4.90. The van der Waals surface area contributed by atoms with Crippen LogP contribution in [0.4, 0.5) is 4.79 Å². The number of rotatable bonds is 1. The van der Waals surface area contributed by atoms with Gasteiger partial charge >= 0.3 is 6.03 Å². The Morgan fingerprint density at radius 1 is 1.25 bits per heavy atom. The van der Waals surface area contributed by atoms with Crippen LogP contribution in [0.3, 0.4) is 0 Å². The second-order valence-electron chi connectivity index (χ2n) is 3.34. The summed E-state index contributed by atoms with van der Waals surface area (Å²) in [5.74, 6) is -1.96. The molecule has 1 aliphatic heterocycles. The minimum Gasteiger partial charge on any atom is -0.469 e. The van der Waals surface area contributed by atoms with Gasteiger partial charge < -0.3 is 9.52 Å². The van der Waals surface area contributed by atoms with Gasteiger partial charge in [-0.3, -0.25) is 20.2 Å². The van der Waals surface area contributed by atoms with Crippen LogP contribution in [0.5, 0.6) is 0 Å². The van der Waals surface area contributed by atoms with Crippen molar-refractivity contribution in [1.29, 1.82) is 0 Å². The fraction of sp³-hybridized carbons (Fsp3) is 0.222. The van der Waals surface area contributed by atoms with Gasteiger partial charge in [0.05, 0.1) is 6.26 Å². The molecular weight excluding hydrogens is 216 g/mol. The van der Waals surface area contributed by atoms with Crippen LogP contribution in [0.15, 0.2) is 16.7 Å². The average Bonchev–Trinajstić information content (AvgIpc) is 2.61. The van der Waals surface area contributed by atoms with Crippen molar-refractivity contribution in [3.63, 3.8) is 0 Å². The van der Waals surface area contributed by atoms with Crippen molar-refractivity contribution in [2.75, 3.05) is 0 Å². The van der Waals surface area contributed by atoms with Crippen LogP contribution < -0.4 is 10.6 Å². The molecule has 0 radical (unpaired) electrons. The summed E-state index contributed by atoms with van der Waals surface area (Å²) in [6.45, 7) is 1.49. The molecule has 1 fully saturated rings. The van der Waals surface area contributed by atoms with E-state index in [1.807, 2.05) is 10.6 Å². The van der Waals surface area contributed by atoms with Crippen molar-refractivity contribution in [1.82, 2.24) is 10.6 Å². The Kier molecular flexibility index (Phi) is 2.06. The highest BCUT2D eigenvalue weighted by atomic mass is 16.3. The van der Waals surface area contributed by atoms with E-state index in [9.17, 15) is 19.5 Å². The summed E-state index contributed by atoms with van der Waals surface area (Å²) in [5.41, 5.74) is -2.42. The maximum Gasteiger partial charge on any atom is 0.328 e. The summed E-state index contributed by atoms with van der Waals surface area (Å²) >= 11 is 0. The maximum atomic E-state index is 11.5.